The van der Waals surface area contributed by atoms with Crippen molar-refractivity contribution in [2.75, 3.05) is 0 Å². The van der Waals surface area contributed by atoms with Gasteiger partial charge in [-0.05, 0) is 0 Å². The van der Waals surface area contributed by atoms with Gasteiger partial charge in [0.15, 0.2) is 0 Å². The zero-order valence-electron chi connectivity index (χ0n) is 2.39. The van der Waals surface area contributed by atoms with Gasteiger partial charge in [-0.1, -0.05) is 0 Å². The molecule has 6 heteroatoms. The van der Waals surface area contributed by atoms with Crippen LogP contribution in [0.3, 0.4) is 0 Å². The van der Waals surface area contributed by atoms with Gasteiger partial charge in [0.2, 0.25) is 0 Å². The maximum atomic E-state index is 8.49. The first kappa shape index (κ1) is 9.41. The molecule has 0 saturated heterocycles. The Morgan fingerprint density at radius 3 is 0.833 bits per heavy atom. The first-order chi connectivity index (χ1) is 2.00. The van der Waals surface area contributed by atoms with Crippen LogP contribution in [0.2, 0.25) is 0 Å². The lowest BCUT2D eigenvalue weighted by atomic mass is 15.8. The second-order valence-corrected chi connectivity index (χ2v) is 1.13. The highest BCUT2D eigenvalue weighted by molar-refractivity contribution is 2.00. The zero-order valence-corrected chi connectivity index (χ0v) is 3.14. The molecular formula is ClFO4. The van der Waals surface area contributed by atoms with E-state index in [1.807, 2.05) is 0 Å². The van der Waals surface area contributed by atoms with Gasteiger partial charge in [0, 0.05) is 0 Å². The standard InChI is InChI=1S/ClHO4.F/c2-1(3,4)5;/h(H,2,3,4,5);/q;+1/p-1. The van der Waals surface area contributed by atoms with Gasteiger partial charge in [-0.3, -0.25) is 0 Å². The van der Waals surface area contributed by atoms with E-state index in [1.165, 1.54) is 0 Å². The van der Waals surface area contributed by atoms with Crippen LogP contribution in [0.4, 0.5) is 0 Å². The van der Waals surface area contributed by atoms with Gasteiger partial charge < -0.3 is 0 Å². The third kappa shape index (κ3) is 10600. The molecule has 0 rings (SSSR count). The molecule has 0 aliphatic rings. The van der Waals surface area contributed by atoms with Crippen molar-refractivity contribution in [2.45, 2.75) is 0 Å². The Morgan fingerprint density at radius 2 is 0.833 bits per heavy atom. The zero-order chi connectivity index (χ0) is 4.50. The molecule has 0 aliphatic heterocycles. The van der Waals surface area contributed by atoms with E-state index in [2.05, 4.69) is 0 Å². The minimum absolute atomic E-state index is 0. The third-order valence-corrected chi connectivity index (χ3v) is 0. The molecule has 0 aromatic carbocycles. The molecule has 0 aromatic rings. The fourth-order valence-electron chi connectivity index (χ4n) is 0. The molecule has 0 atom stereocenters. The van der Waals surface area contributed by atoms with Crippen molar-refractivity contribution >= 4 is 0 Å². The van der Waals surface area contributed by atoms with Crippen LogP contribution in [-0.4, -0.2) is 0 Å². The minimum atomic E-state index is -4.94. The Balaban J connectivity index is 0. The molecule has 0 aliphatic carbocycles. The average molecular weight is 118 g/mol. The van der Waals surface area contributed by atoms with Crippen LogP contribution in [0.25, 0.3) is 0 Å². The van der Waals surface area contributed by atoms with Gasteiger partial charge in [-0.2, -0.15) is 0 Å². The molecule has 0 bridgehead atoms. The first-order valence-electron chi connectivity index (χ1n) is 0.617. The summed E-state index contributed by atoms with van der Waals surface area (Å²) in [5.41, 5.74) is 0. The highest BCUT2D eigenvalue weighted by Gasteiger charge is 1.84. The lowest BCUT2D eigenvalue weighted by Crippen LogP contribution is -2.68. The summed E-state index contributed by atoms with van der Waals surface area (Å²) in [5.74, 6) is 0. The molecule has 0 aromatic heterocycles. The number of hydrogen-bond acceptors (Lipinski definition) is 4. The maximum Gasteiger partial charge on any atom is 1.00 e. The summed E-state index contributed by atoms with van der Waals surface area (Å²) in [7, 11) is -4.94. The molecule has 6 heavy (non-hydrogen) atoms. The molecule has 0 N–H and O–H groups in total. The van der Waals surface area contributed by atoms with Crippen LogP contribution in [0.5, 0.6) is 0 Å². The Hall–Kier alpha value is 0.0600. The molecule has 0 amide bonds. The van der Waals surface area contributed by atoms with Crippen molar-refractivity contribution < 1.29 is 33.6 Å². The molecular weight excluding hydrogens is 118 g/mol. The fraction of sp³-hybridized carbons (Fsp3) is 0. The van der Waals surface area contributed by atoms with E-state index in [9.17, 15) is 0 Å². The second kappa shape index (κ2) is 2.27. The lowest BCUT2D eigenvalue weighted by Gasteiger charge is -2.17. The van der Waals surface area contributed by atoms with E-state index < -0.39 is 10.2 Å². The van der Waals surface area contributed by atoms with Gasteiger partial charge in [0.05, 0.1) is 0 Å². The smallest absolute Gasteiger partial charge is 0.222 e. The van der Waals surface area contributed by atoms with Crippen LogP contribution >= 0.6 is 0 Å². The summed E-state index contributed by atoms with van der Waals surface area (Å²) in [6.07, 6.45) is 0. The highest BCUT2D eigenvalue weighted by atomic mass is 35.7. The normalized spacial score (nSPS) is 10.0. The number of halogens is 2. The number of rotatable bonds is 0. The average Bonchev–Trinajstić information content (AvgIpc) is 0.722. The fourth-order valence-corrected chi connectivity index (χ4v) is 0. The Bertz CT molecular complexity index is 23.0. The second-order valence-electron chi connectivity index (χ2n) is 0.378. The molecule has 0 saturated carbocycles. The predicted molar refractivity (Wildman–Crippen MR) is 0 cm³/mol. The van der Waals surface area contributed by atoms with Gasteiger partial charge in [0.25, 0.3) is 0 Å². The molecule has 0 heterocycles. The molecule has 38 valence electrons. The van der Waals surface area contributed by atoms with Crippen LogP contribution in [0.1, 0.15) is 0 Å². The van der Waals surface area contributed by atoms with Gasteiger partial charge in [-0.25, -0.2) is 18.6 Å². The van der Waals surface area contributed by atoms with Crippen molar-refractivity contribution in [3.05, 3.63) is 0 Å². The van der Waals surface area contributed by atoms with Crippen molar-refractivity contribution in [3.8, 4) is 0 Å². The molecule has 0 unspecified atom stereocenters. The van der Waals surface area contributed by atoms with Crippen molar-refractivity contribution in [1.82, 2.24) is 0 Å². The van der Waals surface area contributed by atoms with Crippen molar-refractivity contribution in [2.24, 2.45) is 0 Å². The van der Waals surface area contributed by atoms with Gasteiger partial charge in [0.1, 0.15) is 0 Å². The van der Waals surface area contributed by atoms with E-state index >= 15 is 0 Å². The summed E-state index contributed by atoms with van der Waals surface area (Å²) in [4.78, 5) is 0. The minimum Gasteiger partial charge on any atom is -0.222 e. The van der Waals surface area contributed by atoms with Crippen LogP contribution in [0.15, 0.2) is 0 Å². The summed E-state index contributed by atoms with van der Waals surface area (Å²) < 4.78 is 34.0. The van der Waals surface area contributed by atoms with Crippen molar-refractivity contribution in [3.63, 3.8) is 0 Å². The summed E-state index contributed by atoms with van der Waals surface area (Å²) in [5, 5.41) is 0. The first-order valence-corrected chi connectivity index (χ1v) is 1.85. The Kier molecular flexibility index (Phi) is 3.56. The van der Waals surface area contributed by atoms with Gasteiger partial charge in [-0.15, -0.1) is 10.2 Å². The topological polar surface area (TPSA) is 92.2 Å². The quantitative estimate of drug-likeness (QED) is 0.319. The molecule has 0 spiro atoms. The number of hydrogen-bond donors (Lipinski definition) is 0. The van der Waals surface area contributed by atoms with Crippen LogP contribution in [0, 0.1) is 14.9 Å². The Morgan fingerprint density at radius 1 is 0.833 bits per heavy atom. The third-order valence-electron chi connectivity index (χ3n) is 0. The summed E-state index contributed by atoms with van der Waals surface area (Å²) in [6, 6.07) is 0. The summed E-state index contributed by atoms with van der Waals surface area (Å²) in [6.45, 7) is 0. The molecule has 2 radical (unpaired) electrons. The van der Waals surface area contributed by atoms with Crippen LogP contribution in [-0.2, 0) is 0 Å². The van der Waals surface area contributed by atoms with E-state index in [1.54, 1.807) is 0 Å². The SMILES string of the molecule is [F+].[O-][Cl+3]([O-])([O-])[O-]. The molecule has 0 fully saturated rings. The lowest BCUT2D eigenvalue weighted by molar-refractivity contribution is -2.00. The Labute approximate surface area is 34.7 Å². The maximum absolute atomic E-state index is 8.49. The largest absolute Gasteiger partial charge is 1.00 e. The highest BCUT2D eigenvalue weighted by Crippen LogP contribution is 1.49. The van der Waals surface area contributed by atoms with E-state index in [-0.39, 0.29) is 4.70 Å². The van der Waals surface area contributed by atoms with E-state index in [0.29, 0.717) is 0 Å². The molecule has 4 nitrogen and oxygen atoms in total. The van der Waals surface area contributed by atoms with E-state index in [0.717, 1.165) is 0 Å². The van der Waals surface area contributed by atoms with Crippen LogP contribution < -0.4 is 18.6 Å². The van der Waals surface area contributed by atoms with Gasteiger partial charge >= 0.3 is 4.70 Å². The van der Waals surface area contributed by atoms with E-state index in [4.69, 9.17) is 18.6 Å². The monoisotopic (exact) mass is 118 g/mol. The van der Waals surface area contributed by atoms with Crippen molar-refractivity contribution in [1.29, 1.82) is 0 Å². The predicted octanol–water partition coefficient (Wildman–Crippen LogP) is -4.76. The summed E-state index contributed by atoms with van der Waals surface area (Å²) >= 11 is 0.